The van der Waals surface area contributed by atoms with Gasteiger partial charge in [0.15, 0.2) is 15.0 Å². The number of sulfone groups is 1. The maximum Gasteiger partial charge on any atom is 0.260 e. The third kappa shape index (κ3) is 3.98. The molecule has 4 rings (SSSR count). The average Bonchev–Trinajstić information content (AvgIpc) is 3.42. The van der Waals surface area contributed by atoms with E-state index in [-0.39, 0.29) is 28.7 Å². The van der Waals surface area contributed by atoms with Crippen LogP contribution in [0.4, 0.5) is 5.13 Å². The number of furan rings is 1. The maximum atomic E-state index is 13.4. The van der Waals surface area contributed by atoms with Gasteiger partial charge in [0.2, 0.25) is 0 Å². The zero-order valence-electron chi connectivity index (χ0n) is 15.9. The number of anilines is 1. The number of carbonyl (C=O) groups is 1. The fourth-order valence-corrected chi connectivity index (χ4v) is 5.14. The molecule has 0 radical (unpaired) electrons. The van der Waals surface area contributed by atoms with Crippen molar-refractivity contribution >= 4 is 54.0 Å². The normalized spacial score (nSPS) is 11.7. The number of benzene rings is 2. The first-order valence-electron chi connectivity index (χ1n) is 9.11. The summed E-state index contributed by atoms with van der Waals surface area (Å²) in [5, 5.41) is 0.944. The van der Waals surface area contributed by atoms with Gasteiger partial charge < -0.3 is 4.42 Å². The minimum absolute atomic E-state index is 0.0445. The van der Waals surface area contributed by atoms with Crippen LogP contribution in [-0.4, -0.2) is 25.1 Å². The number of carbonyl (C=O) groups excluding carboxylic acids is 1. The quantitative estimate of drug-likeness (QED) is 0.396. The molecule has 0 unspecified atom stereocenters. The molecule has 4 aromatic rings. The summed E-state index contributed by atoms with van der Waals surface area (Å²) in [7, 11) is -3.44. The fourth-order valence-electron chi connectivity index (χ4n) is 2.95. The van der Waals surface area contributed by atoms with Crippen LogP contribution < -0.4 is 4.90 Å². The second-order valence-electron chi connectivity index (χ2n) is 6.48. The summed E-state index contributed by atoms with van der Waals surface area (Å²) in [4.78, 5) is 19.6. The molecule has 154 valence electrons. The summed E-state index contributed by atoms with van der Waals surface area (Å²) < 4.78 is 30.8. The minimum atomic E-state index is -3.44. The van der Waals surface area contributed by atoms with E-state index in [9.17, 15) is 13.2 Å². The molecule has 0 spiro atoms. The average molecular weight is 461 g/mol. The van der Waals surface area contributed by atoms with Crippen LogP contribution in [0.15, 0.2) is 70.2 Å². The van der Waals surface area contributed by atoms with Crippen LogP contribution >= 0.6 is 22.9 Å². The third-order valence-corrected chi connectivity index (χ3v) is 7.63. The second-order valence-corrected chi connectivity index (χ2v) is 10.2. The Morgan fingerprint density at radius 2 is 1.97 bits per heavy atom. The lowest BCUT2D eigenvalue weighted by atomic mass is 10.2. The second kappa shape index (κ2) is 8.22. The van der Waals surface area contributed by atoms with Gasteiger partial charge >= 0.3 is 0 Å². The van der Waals surface area contributed by atoms with Crippen molar-refractivity contribution in [2.75, 3.05) is 10.7 Å². The fraction of sp³-hybridized carbons (Fsp3) is 0.143. The van der Waals surface area contributed by atoms with Crippen molar-refractivity contribution in [3.63, 3.8) is 0 Å². The van der Waals surface area contributed by atoms with E-state index in [1.54, 1.807) is 37.3 Å². The topological polar surface area (TPSA) is 80.5 Å². The van der Waals surface area contributed by atoms with Crippen LogP contribution in [0.3, 0.4) is 0 Å². The Morgan fingerprint density at radius 1 is 1.17 bits per heavy atom. The highest BCUT2D eigenvalue weighted by atomic mass is 35.5. The molecule has 6 nitrogen and oxygen atoms in total. The maximum absolute atomic E-state index is 13.4. The number of halogens is 1. The van der Waals surface area contributed by atoms with Gasteiger partial charge in [0.1, 0.15) is 11.3 Å². The van der Waals surface area contributed by atoms with Crippen molar-refractivity contribution < 1.29 is 17.6 Å². The standard InChI is InChI=1S/C21H17ClN2O4S2/c1-2-30(26,27)16-8-3-6-14(12-16)20(25)24(13-15-7-5-11-28-15)21-23-19-17(22)9-4-10-18(19)29-21/h3-12H,2,13H2,1H3. The van der Waals surface area contributed by atoms with Crippen molar-refractivity contribution in [2.24, 2.45) is 0 Å². The lowest BCUT2D eigenvalue weighted by Gasteiger charge is -2.19. The number of aromatic nitrogens is 1. The predicted octanol–water partition coefficient (Wildman–Crippen LogP) is 5.18. The van der Waals surface area contributed by atoms with E-state index in [1.165, 1.54) is 34.6 Å². The van der Waals surface area contributed by atoms with Gasteiger partial charge in [-0.2, -0.15) is 0 Å². The Labute approximate surface area is 182 Å². The van der Waals surface area contributed by atoms with Crippen LogP contribution in [0.5, 0.6) is 0 Å². The van der Waals surface area contributed by atoms with Gasteiger partial charge in [-0.1, -0.05) is 42.0 Å². The van der Waals surface area contributed by atoms with Gasteiger partial charge in [0.05, 0.1) is 33.2 Å². The number of fused-ring (bicyclic) bond motifs is 1. The molecule has 0 N–H and O–H groups in total. The zero-order valence-corrected chi connectivity index (χ0v) is 18.3. The first-order chi connectivity index (χ1) is 14.4. The summed E-state index contributed by atoms with van der Waals surface area (Å²) in [6, 6.07) is 15.0. The molecule has 0 atom stereocenters. The molecule has 0 aliphatic heterocycles. The summed E-state index contributed by atoms with van der Waals surface area (Å²) in [5.41, 5.74) is 0.861. The van der Waals surface area contributed by atoms with Gasteiger partial charge in [-0.25, -0.2) is 13.4 Å². The monoisotopic (exact) mass is 460 g/mol. The molecule has 2 aromatic heterocycles. The van der Waals surface area contributed by atoms with Crippen molar-refractivity contribution in [3.8, 4) is 0 Å². The van der Waals surface area contributed by atoms with Crippen molar-refractivity contribution in [1.29, 1.82) is 0 Å². The summed E-state index contributed by atoms with van der Waals surface area (Å²) in [6.07, 6.45) is 1.53. The van der Waals surface area contributed by atoms with Crippen molar-refractivity contribution in [2.45, 2.75) is 18.4 Å². The van der Waals surface area contributed by atoms with Gasteiger partial charge in [0, 0.05) is 5.56 Å². The van der Waals surface area contributed by atoms with E-state index < -0.39 is 9.84 Å². The first-order valence-corrected chi connectivity index (χ1v) is 12.0. The molecule has 9 heteroatoms. The Hall–Kier alpha value is -2.68. The molecule has 1 amide bonds. The molecule has 0 aliphatic rings. The van der Waals surface area contributed by atoms with Crippen molar-refractivity contribution in [3.05, 3.63) is 77.2 Å². The number of nitrogens with zero attached hydrogens (tertiary/aromatic N) is 2. The van der Waals surface area contributed by atoms with Gasteiger partial charge in [-0.15, -0.1) is 0 Å². The predicted molar refractivity (Wildman–Crippen MR) is 118 cm³/mol. The molecule has 0 saturated carbocycles. The van der Waals surface area contributed by atoms with Crippen molar-refractivity contribution in [1.82, 2.24) is 4.98 Å². The van der Waals surface area contributed by atoms with Crippen LogP contribution in [0.25, 0.3) is 10.2 Å². The number of hydrogen-bond acceptors (Lipinski definition) is 6. The minimum Gasteiger partial charge on any atom is -0.467 e. The number of rotatable bonds is 6. The lowest BCUT2D eigenvalue weighted by molar-refractivity contribution is 0.0983. The van der Waals surface area contributed by atoms with E-state index in [0.717, 1.165) is 4.70 Å². The van der Waals surface area contributed by atoms with Crippen LogP contribution in [0.2, 0.25) is 5.02 Å². The Morgan fingerprint density at radius 3 is 2.67 bits per heavy atom. The highest BCUT2D eigenvalue weighted by molar-refractivity contribution is 7.91. The van der Waals surface area contributed by atoms with E-state index in [1.807, 2.05) is 12.1 Å². The third-order valence-electron chi connectivity index (χ3n) is 4.55. The molecule has 2 heterocycles. The largest absolute Gasteiger partial charge is 0.467 e. The summed E-state index contributed by atoms with van der Waals surface area (Å²) in [5.74, 6) is 0.151. The molecular formula is C21H17ClN2O4S2. The van der Waals surface area contributed by atoms with Crippen LogP contribution in [0, 0.1) is 0 Å². The van der Waals surface area contributed by atoms with Crippen LogP contribution in [0.1, 0.15) is 23.0 Å². The van der Waals surface area contributed by atoms with Gasteiger partial charge in [0.25, 0.3) is 5.91 Å². The zero-order chi connectivity index (χ0) is 21.3. The number of amides is 1. The molecular weight excluding hydrogens is 444 g/mol. The smallest absolute Gasteiger partial charge is 0.260 e. The Balaban J connectivity index is 1.79. The summed E-state index contributed by atoms with van der Waals surface area (Å²) >= 11 is 7.59. The molecule has 0 fully saturated rings. The number of para-hydroxylation sites is 1. The SMILES string of the molecule is CCS(=O)(=O)c1cccc(C(=O)N(Cc2ccco2)c2nc3c(Cl)cccc3s2)c1. The Kier molecular flexibility index (Phi) is 5.64. The van der Waals surface area contributed by atoms with Gasteiger partial charge in [-0.3, -0.25) is 9.69 Å². The number of thiazole rings is 1. The first kappa shape index (κ1) is 20.6. The molecule has 2 aromatic carbocycles. The highest BCUT2D eigenvalue weighted by Crippen LogP contribution is 2.34. The Bertz CT molecular complexity index is 1310. The lowest BCUT2D eigenvalue weighted by Crippen LogP contribution is -2.30. The number of hydrogen-bond donors (Lipinski definition) is 0. The van der Waals surface area contributed by atoms with E-state index >= 15 is 0 Å². The van der Waals surface area contributed by atoms with Gasteiger partial charge in [-0.05, 0) is 42.5 Å². The van der Waals surface area contributed by atoms with Crippen LogP contribution in [-0.2, 0) is 16.4 Å². The molecule has 0 saturated heterocycles. The van der Waals surface area contributed by atoms with E-state index in [4.69, 9.17) is 16.0 Å². The summed E-state index contributed by atoms with van der Waals surface area (Å²) in [6.45, 7) is 1.71. The molecule has 0 bridgehead atoms. The van der Waals surface area contributed by atoms with E-state index in [0.29, 0.717) is 21.4 Å². The molecule has 30 heavy (non-hydrogen) atoms. The highest BCUT2D eigenvalue weighted by Gasteiger charge is 2.24. The molecule has 0 aliphatic carbocycles. The van der Waals surface area contributed by atoms with E-state index in [2.05, 4.69) is 4.98 Å².